The lowest BCUT2D eigenvalue weighted by atomic mass is 9.82. The van der Waals surface area contributed by atoms with E-state index in [-0.39, 0.29) is 0 Å². The van der Waals surface area contributed by atoms with Gasteiger partial charge in [-0.3, -0.25) is 4.98 Å². The van der Waals surface area contributed by atoms with Crippen LogP contribution in [0, 0.1) is 13.8 Å². The lowest BCUT2D eigenvalue weighted by Crippen LogP contribution is -1.98. The molecule has 268 valence electrons. The number of rotatable bonds is 8. The van der Waals surface area contributed by atoms with Crippen molar-refractivity contribution in [1.82, 2.24) is 9.97 Å². The van der Waals surface area contributed by atoms with Gasteiger partial charge >= 0.3 is 0 Å². The zero-order chi connectivity index (χ0) is 38.5. The van der Waals surface area contributed by atoms with Crippen molar-refractivity contribution < 1.29 is 0 Å². The van der Waals surface area contributed by atoms with Crippen LogP contribution in [0.2, 0.25) is 0 Å². The lowest BCUT2D eigenvalue weighted by Gasteiger charge is -2.22. The summed E-state index contributed by atoms with van der Waals surface area (Å²) in [6, 6.07) is 44.2. The van der Waals surface area contributed by atoms with Crippen LogP contribution in [0.25, 0.3) is 93.9 Å². The van der Waals surface area contributed by atoms with Gasteiger partial charge in [0.1, 0.15) is 0 Å². The van der Waals surface area contributed by atoms with E-state index in [9.17, 15) is 0 Å². The fraction of sp³-hybridized carbons (Fsp3) is 0.0741. The number of fused-ring (bicyclic) bond motifs is 5. The highest BCUT2D eigenvalue weighted by atomic mass is 14.8. The van der Waals surface area contributed by atoms with E-state index >= 15 is 0 Å². The van der Waals surface area contributed by atoms with Gasteiger partial charge in [0.05, 0.1) is 22.9 Å². The van der Waals surface area contributed by atoms with Crippen molar-refractivity contribution in [3.05, 3.63) is 199 Å². The van der Waals surface area contributed by atoms with Gasteiger partial charge in [0.2, 0.25) is 0 Å². The molecular weight excluding hydrogens is 677 g/mol. The number of para-hydroxylation sites is 2. The predicted octanol–water partition coefficient (Wildman–Crippen LogP) is 14.8. The minimum atomic E-state index is 0.857. The molecule has 2 nitrogen and oxygen atoms in total. The van der Waals surface area contributed by atoms with Crippen LogP contribution in [0.3, 0.4) is 0 Å². The molecule has 0 unspecified atom stereocenters. The Hall–Kier alpha value is -6.90. The highest BCUT2D eigenvalue weighted by Gasteiger charge is 2.25. The Labute approximate surface area is 329 Å². The smallest absolute Gasteiger partial charge is 0.0894 e. The monoisotopic (exact) mass is 718 g/mol. The molecule has 0 amide bonds. The van der Waals surface area contributed by atoms with Crippen molar-refractivity contribution in [2.24, 2.45) is 0 Å². The van der Waals surface area contributed by atoms with E-state index in [2.05, 4.69) is 150 Å². The third kappa shape index (κ3) is 5.65. The molecule has 1 aromatic heterocycles. The van der Waals surface area contributed by atoms with Gasteiger partial charge in [-0.15, -0.1) is 0 Å². The highest BCUT2D eigenvalue weighted by molar-refractivity contribution is 6.21. The van der Waals surface area contributed by atoms with Crippen molar-refractivity contribution in [3.8, 4) is 55.8 Å². The van der Waals surface area contributed by atoms with Gasteiger partial charge in [-0.1, -0.05) is 152 Å². The van der Waals surface area contributed by atoms with Crippen LogP contribution in [-0.4, -0.2) is 9.97 Å². The summed E-state index contributed by atoms with van der Waals surface area (Å²) in [5.41, 5.74) is 21.0. The summed E-state index contributed by atoms with van der Waals surface area (Å²) in [5.74, 6) is 0. The Morgan fingerprint density at radius 1 is 0.571 bits per heavy atom. The summed E-state index contributed by atoms with van der Waals surface area (Å²) >= 11 is 0. The molecule has 0 saturated heterocycles. The molecule has 2 heteroatoms. The summed E-state index contributed by atoms with van der Waals surface area (Å²) in [6.45, 7) is 16.8. The second-order valence-electron chi connectivity index (χ2n) is 14.8. The van der Waals surface area contributed by atoms with Crippen LogP contribution in [0.5, 0.6) is 0 Å². The molecule has 0 saturated carbocycles. The van der Waals surface area contributed by atoms with Crippen LogP contribution in [-0.2, 0) is 0 Å². The van der Waals surface area contributed by atoms with Crippen LogP contribution in [0.1, 0.15) is 30.5 Å². The molecule has 0 radical (unpaired) electrons. The van der Waals surface area contributed by atoms with Crippen molar-refractivity contribution >= 4 is 38.2 Å². The van der Waals surface area contributed by atoms with E-state index in [1.54, 1.807) is 0 Å². The number of hydrogen-bond acceptors (Lipinski definition) is 2. The summed E-state index contributed by atoms with van der Waals surface area (Å²) < 4.78 is 0. The van der Waals surface area contributed by atoms with E-state index in [0.717, 1.165) is 39.0 Å². The van der Waals surface area contributed by atoms with E-state index in [4.69, 9.17) is 9.97 Å². The van der Waals surface area contributed by atoms with Gasteiger partial charge < -0.3 is 0 Å². The van der Waals surface area contributed by atoms with Crippen LogP contribution in [0.15, 0.2) is 182 Å². The fourth-order valence-corrected chi connectivity index (χ4v) is 8.72. The number of aromatic nitrogens is 2. The van der Waals surface area contributed by atoms with Crippen molar-refractivity contribution in [2.45, 2.75) is 27.7 Å². The lowest BCUT2D eigenvalue weighted by molar-refractivity contribution is 1.29. The third-order valence-corrected chi connectivity index (χ3v) is 11.4. The van der Waals surface area contributed by atoms with Crippen molar-refractivity contribution in [3.63, 3.8) is 0 Å². The normalized spacial score (nSPS) is 12.1. The van der Waals surface area contributed by atoms with Gasteiger partial charge in [0.25, 0.3) is 0 Å². The average Bonchev–Trinajstić information content (AvgIpc) is 3.56. The molecule has 9 rings (SSSR count). The van der Waals surface area contributed by atoms with Gasteiger partial charge in [-0.2, -0.15) is 0 Å². The Balaban J connectivity index is 1.28. The topological polar surface area (TPSA) is 25.8 Å². The summed E-state index contributed by atoms with van der Waals surface area (Å²) in [7, 11) is 0. The number of benzene rings is 7. The zero-order valence-corrected chi connectivity index (χ0v) is 32.3. The molecule has 8 aromatic rings. The largest absolute Gasteiger partial charge is 0.252 e. The molecule has 0 N–H and O–H groups in total. The number of nitrogens with zero attached hydrogens (tertiary/aromatic N) is 2. The Morgan fingerprint density at radius 2 is 1.23 bits per heavy atom. The van der Waals surface area contributed by atoms with Gasteiger partial charge in [0, 0.05) is 5.56 Å². The van der Waals surface area contributed by atoms with E-state index < -0.39 is 0 Å². The summed E-state index contributed by atoms with van der Waals surface area (Å²) in [6.07, 6.45) is 11.8. The van der Waals surface area contributed by atoms with Crippen molar-refractivity contribution in [2.75, 3.05) is 0 Å². The molecule has 1 heterocycles. The average molecular weight is 719 g/mol. The first kappa shape index (κ1) is 34.8. The van der Waals surface area contributed by atoms with Crippen LogP contribution < -0.4 is 0 Å². The first-order chi connectivity index (χ1) is 27.4. The second kappa shape index (κ2) is 14.1. The SMILES string of the molecule is C=C/C=C\C(=C(C)C)/C(=C\C=C)c1ccc(-c2c(C)c(C)c(-c3ccc4c5c(cccc35)-c3ccccc3-4)c3ccc(-c4cnc5ccccc5n4)cc23)cc1. The number of hydrogen-bond donors (Lipinski definition) is 0. The standard InChI is InChI=1S/C54H42N2/c1-7-9-16-39(33(3)4)40(15-8-2)36-23-25-37(26-24-36)52-34(5)35(6)53(46-30-29-45-42-18-11-10-17-41(42)43-19-14-20-44(46)54(43)45)47-28-27-38(31-48(47)52)51-32-55-49-21-12-13-22-50(49)56-51/h7-32H,1-2H2,3-6H3/b16-9-,40-15-. The van der Waals surface area contributed by atoms with Gasteiger partial charge in [-0.25, -0.2) is 4.98 Å². The van der Waals surface area contributed by atoms with Crippen LogP contribution >= 0.6 is 0 Å². The Kier molecular flexibility index (Phi) is 8.75. The second-order valence-corrected chi connectivity index (χ2v) is 14.8. The molecule has 1 aliphatic carbocycles. The summed E-state index contributed by atoms with van der Waals surface area (Å²) in [5, 5.41) is 5.02. The minimum absolute atomic E-state index is 0.857. The van der Waals surface area contributed by atoms with E-state index in [1.165, 1.54) is 82.8 Å². The Morgan fingerprint density at radius 3 is 1.96 bits per heavy atom. The Bertz CT molecular complexity index is 2990. The first-order valence-electron chi connectivity index (χ1n) is 19.2. The van der Waals surface area contributed by atoms with Gasteiger partial charge in [-0.05, 0) is 140 Å². The van der Waals surface area contributed by atoms with Gasteiger partial charge in [0.15, 0.2) is 0 Å². The van der Waals surface area contributed by atoms with E-state index in [0.29, 0.717) is 0 Å². The first-order valence-corrected chi connectivity index (χ1v) is 19.2. The predicted molar refractivity (Wildman–Crippen MR) is 241 cm³/mol. The molecule has 0 aliphatic heterocycles. The molecule has 0 spiro atoms. The molecule has 56 heavy (non-hydrogen) atoms. The van der Waals surface area contributed by atoms with E-state index in [1.807, 2.05) is 48.7 Å². The quantitative estimate of drug-likeness (QED) is 0.146. The summed E-state index contributed by atoms with van der Waals surface area (Å²) in [4.78, 5) is 9.86. The fourth-order valence-electron chi connectivity index (χ4n) is 8.72. The molecule has 0 bridgehead atoms. The minimum Gasteiger partial charge on any atom is -0.252 e. The van der Waals surface area contributed by atoms with Crippen LogP contribution in [0.4, 0.5) is 0 Å². The maximum atomic E-state index is 5.07. The molecule has 0 fully saturated rings. The number of allylic oxidation sites excluding steroid dienone is 8. The molecular formula is C54H42N2. The zero-order valence-electron chi connectivity index (χ0n) is 32.3. The molecule has 7 aromatic carbocycles. The highest BCUT2D eigenvalue weighted by Crippen LogP contribution is 2.51. The van der Waals surface area contributed by atoms with Crippen molar-refractivity contribution in [1.29, 1.82) is 0 Å². The molecule has 0 atom stereocenters. The maximum Gasteiger partial charge on any atom is 0.0894 e. The maximum absolute atomic E-state index is 5.07. The third-order valence-electron chi connectivity index (χ3n) is 11.4. The molecule has 1 aliphatic rings.